The van der Waals surface area contributed by atoms with Crippen LogP contribution in [0.5, 0.6) is 0 Å². The van der Waals surface area contributed by atoms with E-state index in [1.54, 1.807) is 4.90 Å². The molecular formula is C12H16N2O. The Bertz CT molecular complexity index is 376. The van der Waals surface area contributed by atoms with Crippen LogP contribution in [0, 0.1) is 0 Å². The van der Waals surface area contributed by atoms with Crippen molar-refractivity contribution in [1.29, 1.82) is 0 Å². The van der Waals surface area contributed by atoms with E-state index in [0.29, 0.717) is 13.1 Å². The smallest absolute Gasteiger partial charge is 0.241 e. The van der Waals surface area contributed by atoms with Gasteiger partial charge in [-0.15, -0.1) is 0 Å². The van der Waals surface area contributed by atoms with Crippen LogP contribution < -0.4 is 5.73 Å². The average molecular weight is 204 g/mol. The number of amides is 1. The summed E-state index contributed by atoms with van der Waals surface area (Å²) in [6.45, 7) is 3.52. The Hall–Kier alpha value is -1.35. The minimum absolute atomic E-state index is 0.0703. The van der Waals surface area contributed by atoms with Crippen LogP contribution in [0.3, 0.4) is 0 Å². The van der Waals surface area contributed by atoms with Gasteiger partial charge in [-0.3, -0.25) is 4.79 Å². The fourth-order valence-electron chi connectivity index (χ4n) is 1.93. The van der Waals surface area contributed by atoms with Gasteiger partial charge >= 0.3 is 0 Å². The second-order valence-electron chi connectivity index (χ2n) is 3.95. The van der Waals surface area contributed by atoms with Crippen molar-refractivity contribution < 1.29 is 4.79 Å². The number of likely N-dealkylation sites (tertiary alicyclic amines) is 1. The van der Waals surface area contributed by atoms with E-state index in [1.165, 1.54) is 11.1 Å². The molecule has 0 bridgehead atoms. The number of nitrogens with zero attached hydrogens (tertiary/aromatic N) is 1. The third-order valence-electron chi connectivity index (χ3n) is 2.91. The number of benzene rings is 1. The molecule has 1 heterocycles. The first-order valence-corrected chi connectivity index (χ1v) is 5.33. The number of carbonyl (C=O) groups excluding carboxylic acids is 1. The third kappa shape index (κ3) is 1.88. The zero-order chi connectivity index (χ0) is 10.8. The zero-order valence-corrected chi connectivity index (χ0v) is 8.94. The first kappa shape index (κ1) is 10.2. The minimum atomic E-state index is -0.265. The highest BCUT2D eigenvalue weighted by molar-refractivity contribution is 5.87. The second-order valence-corrected chi connectivity index (χ2v) is 3.95. The molecule has 1 aliphatic heterocycles. The number of hydrogen-bond acceptors (Lipinski definition) is 2. The van der Waals surface area contributed by atoms with Crippen molar-refractivity contribution in [3.05, 3.63) is 35.4 Å². The number of hydrogen-bond donors (Lipinski definition) is 1. The van der Waals surface area contributed by atoms with Crippen LogP contribution in [0.4, 0.5) is 0 Å². The van der Waals surface area contributed by atoms with Gasteiger partial charge < -0.3 is 10.6 Å². The summed E-state index contributed by atoms with van der Waals surface area (Å²) in [6.07, 6.45) is 1.00. The number of aryl methyl sites for hydroxylation is 1. The summed E-state index contributed by atoms with van der Waals surface area (Å²) in [4.78, 5) is 13.2. The lowest BCUT2D eigenvalue weighted by Crippen LogP contribution is -2.60. The van der Waals surface area contributed by atoms with E-state index in [4.69, 9.17) is 5.73 Å². The summed E-state index contributed by atoms with van der Waals surface area (Å²) in [5, 5.41) is 0. The molecule has 80 valence electrons. The van der Waals surface area contributed by atoms with Gasteiger partial charge in [0.25, 0.3) is 0 Å². The van der Waals surface area contributed by atoms with Crippen LogP contribution >= 0.6 is 0 Å². The van der Waals surface area contributed by atoms with E-state index in [1.807, 2.05) is 12.1 Å². The molecule has 1 fully saturated rings. The Kier molecular flexibility index (Phi) is 2.73. The molecular weight excluding hydrogens is 188 g/mol. The van der Waals surface area contributed by atoms with E-state index < -0.39 is 0 Å². The predicted octanol–water partition coefficient (Wildman–Crippen LogP) is 0.918. The highest BCUT2D eigenvalue weighted by Gasteiger charge is 2.33. The van der Waals surface area contributed by atoms with Crippen LogP contribution in [-0.4, -0.2) is 23.4 Å². The molecule has 0 spiro atoms. The van der Waals surface area contributed by atoms with Gasteiger partial charge in [0.1, 0.15) is 6.04 Å². The van der Waals surface area contributed by atoms with Gasteiger partial charge in [0.15, 0.2) is 0 Å². The molecule has 15 heavy (non-hydrogen) atoms. The standard InChI is InChI=1S/C12H16N2O/c1-2-9-5-3-4-6-10(9)7-14-8-11(13)12(14)15/h3-6,11H,2,7-8,13H2,1H3. The van der Waals surface area contributed by atoms with Crippen molar-refractivity contribution >= 4 is 5.91 Å². The minimum Gasteiger partial charge on any atom is -0.335 e. The van der Waals surface area contributed by atoms with Gasteiger partial charge in [-0.1, -0.05) is 31.2 Å². The van der Waals surface area contributed by atoms with Gasteiger partial charge in [-0.2, -0.15) is 0 Å². The number of nitrogens with two attached hydrogens (primary N) is 1. The number of β-lactam (4-membered cyclic amide) rings is 1. The second kappa shape index (κ2) is 4.03. The molecule has 2 rings (SSSR count). The van der Waals surface area contributed by atoms with Crippen LogP contribution in [0.25, 0.3) is 0 Å². The van der Waals surface area contributed by atoms with E-state index in [0.717, 1.165) is 6.42 Å². The Morgan fingerprint density at radius 2 is 2.07 bits per heavy atom. The van der Waals surface area contributed by atoms with Crippen LogP contribution in [0.1, 0.15) is 18.1 Å². The van der Waals surface area contributed by atoms with E-state index in [-0.39, 0.29) is 11.9 Å². The molecule has 1 saturated heterocycles. The molecule has 0 saturated carbocycles. The summed E-state index contributed by atoms with van der Waals surface area (Å²) in [5.41, 5.74) is 8.09. The molecule has 3 heteroatoms. The first-order chi connectivity index (χ1) is 7.22. The lowest BCUT2D eigenvalue weighted by molar-refractivity contribution is -0.143. The maximum absolute atomic E-state index is 11.4. The largest absolute Gasteiger partial charge is 0.335 e. The normalized spacial score (nSPS) is 20.3. The maximum Gasteiger partial charge on any atom is 0.241 e. The predicted molar refractivity (Wildman–Crippen MR) is 59.2 cm³/mol. The highest BCUT2D eigenvalue weighted by atomic mass is 16.2. The molecule has 1 aromatic carbocycles. The van der Waals surface area contributed by atoms with Crippen molar-refractivity contribution in [2.75, 3.05) is 6.54 Å². The molecule has 2 N–H and O–H groups in total. The van der Waals surface area contributed by atoms with Gasteiger partial charge in [0.2, 0.25) is 5.91 Å². The van der Waals surface area contributed by atoms with Crippen molar-refractivity contribution in [3.63, 3.8) is 0 Å². The highest BCUT2D eigenvalue weighted by Crippen LogP contribution is 2.17. The Balaban J connectivity index is 2.08. The summed E-state index contributed by atoms with van der Waals surface area (Å²) < 4.78 is 0. The SMILES string of the molecule is CCc1ccccc1CN1CC(N)C1=O. The van der Waals surface area contributed by atoms with Crippen molar-refractivity contribution in [1.82, 2.24) is 4.90 Å². The molecule has 1 atom stereocenters. The molecule has 1 unspecified atom stereocenters. The van der Waals surface area contributed by atoms with E-state index in [2.05, 4.69) is 19.1 Å². The molecule has 1 aliphatic rings. The van der Waals surface area contributed by atoms with Gasteiger partial charge in [0.05, 0.1) is 0 Å². The molecule has 1 amide bonds. The summed E-state index contributed by atoms with van der Waals surface area (Å²) in [5.74, 6) is 0.0703. The topological polar surface area (TPSA) is 46.3 Å². The molecule has 1 aromatic rings. The lowest BCUT2D eigenvalue weighted by Gasteiger charge is -2.36. The zero-order valence-electron chi connectivity index (χ0n) is 8.94. The Labute approximate surface area is 89.9 Å². The van der Waals surface area contributed by atoms with Gasteiger partial charge in [0, 0.05) is 13.1 Å². The summed E-state index contributed by atoms with van der Waals surface area (Å²) in [6, 6.07) is 7.97. The molecule has 0 aromatic heterocycles. The Morgan fingerprint density at radius 1 is 1.40 bits per heavy atom. The average Bonchev–Trinajstić information content (AvgIpc) is 2.29. The molecule has 3 nitrogen and oxygen atoms in total. The van der Waals surface area contributed by atoms with Crippen LogP contribution in [-0.2, 0) is 17.8 Å². The van der Waals surface area contributed by atoms with Crippen LogP contribution in [0.2, 0.25) is 0 Å². The quantitative estimate of drug-likeness (QED) is 0.744. The monoisotopic (exact) mass is 204 g/mol. The van der Waals surface area contributed by atoms with E-state index in [9.17, 15) is 4.79 Å². The van der Waals surface area contributed by atoms with Crippen LogP contribution in [0.15, 0.2) is 24.3 Å². The van der Waals surface area contributed by atoms with Crippen molar-refractivity contribution in [3.8, 4) is 0 Å². The van der Waals surface area contributed by atoms with E-state index >= 15 is 0 Å². The lowest BCUT2D eigenvalue weighted by atomic mass is 10.0. The van der Waals surface area contributed by atoms with Crippen molar-refractivity contribution in [2.45, 2.75) is 25.9 Å². The fraction of sp³-hybridized carbons (Fsp3) is 0.417. The fourth-order valence-corrected chi connectivity index (χ4v) is 1.93. The Morgan fingerprint density at radius 3 is 2.60 bits per heavy atom. The number of carbonyl (C=O) groups is 1. The summed E-state index contributed by atoms with van der Waals surface area (Å²) in [7, 11) is 0. The number of rotatable bonds is 3. The van der Waals surface area contributed by atoms with Crippen molar-refractivity contribution in [2.24, 2.45) is 5.73 Å². The first-order valence-electron chi connectivity index (χ1n) is 5.33. The molecule has 0 aliphatic carbocycles. The van der Waals surface area contributed by atoms with Gasteiger partial charge in [-0.25, -0.2) is 0 Å². The molecule has 0 radical (unpaired) electrons. The third-order valence-corrected chi connectivity index (χ3v) is 2.91. The van der Waals surface area contributed by atoms with Gasteiger partial charge in [-0.05, 0) is 17.5 Å². The summed E-state index contributed by atoms with van der Waals surface area (Å²) >= 11 is 0. The maximum atomic E-state index is 11.4.